The van der Waals surface area contributed by atoms with Crippen LogP contribution >= 0.6 is 0 Å². The van der Waals surface area contributed by atoms with Gasteiger partial charge in [-0.1, -0.05) is 55.8 Å². The van der Waals surface area contributed by atoms with Crippen molar-refractivity contribution in [1.29, 1.82) is 0 Å². The Labute approximate surface area is 214 Å². The van der Waals surface area contributed by atoms with E-state index in [0.717, 1.165) is 24.5 Å². The number of hydrogen-bond donors (Lipinski definition) is 3. The van der Waals surface area contributed by atoms with Crippen LogP contribution in [-0.2, 0) is 16.1 Å². The molecule has 36 heavy (non-hydrogen) atoms. The molecule has 1 aromatic carbocycles. The number of carbonyl (C=O) groups excluding carboxylic acids is 1. The molecule has 1 aromatic rings. The Hall–Kier alpha value is -2.32. The molecule has 0 saturated carbocycles. The highest BCUT2D eigenvalue weighted by molar-refractivity contribution is 5.78. The van der Waals surface area contributed by atoms with Gasteiger partial charge < -0.3 is 20.5 Å². The van der Waals surface area contributed by atoms with Gasteiger partial charge in [0.1, 0.15) is 0 Å². The standard InChI is InChI=1S/C14H19NO2.C8H9F3O.C4H9N.C2H6/c1-11-3-2-4-12(9-11)10-15-14(16)13-5-7-17-8-6-13;9-8(10,11)6-2-1-3-7(12)5-4-6;1-2-4-5-3-1;1-2/h2-4,9,13H,5-8,10H2,1H3,(H,15,16);1-3,6,12H,4-5H2;5H,1-4H2;1-2H3. The van der Waals surface area contributed by atoms with E-state index >= 15 is 0 Å². The number of amides is 1. The number of hydrogen-bond acceptors (Lipinski definition) is 4. The van der Waals surface area contributed by atoms with Gasteiger partial charge in [-0.25, -0.2) is 0 Å². The largest absolute Gasteiger partial charge is 0.512 e. The third kappa shape index (κ3) is 13.7. The average molecular weight is 513 g/mol. The summed E-state index contributed by atoms with van der Waals surface area (Å²) in [6.45, 7) is 10.6. The number of benzene rings is 1. The van der Waals surface area contributed by atoms with E-state index < -0.39 is 12.1 Å². The Kier molecular flexibility index (Phi) is 15.9. The molecule has 204 valence electrons. The van der Waals surface area contributed by atoms with Crippen molar-refractivity contribution in [3.63, 3.8) is 0 Å². The summed E-state index contributed by atoms with van der Waals surface area (Å²) in [4.78, 5) is 11.9. The van der Waals surface area contributed by atoms with E-state index in [-0.39, 0.29) is 30.4 Å². The van der Waals surface area contributed by atoms with Crippen molar-refractivity contribution in [1.82, 2.24) is 10.6 Å². The van der Waals surface area contributed by atoms with Crippen LogP contribution in [-0.4, -0.2) is 43.5 Å². The van der Waals surface area contributed by atoms with E-state index in [1.165, 1.54) is 43.6 Å². The molecule has 2 heterocycles. The Morgan fingerprint density at radius 3 is 2.36 bits per heavy atom. The molecule has 2 fully saturated rings. The second kappa shape index (κ2) is 18.0. The first-order valence-corrected chi connectivity index (χ1v) is 13.0. The van der Waals surface area contributed by atoms with Gasteiger partial charge >= 0.3 is 6.18 Å². The number of aryl methyl sites for hydroxylation is 1. The summed E-state index contributed by atoms with van der Waals surface area (Å²) in [6, 6.07) is 8.22. The van der Waals surface area contributed by atoms with Gasteiger partial charge in [-0.2, -0.15) is 13.2 Å². The number of nitrogens with one attached hydrogen (secondary N) is 2. The molecule has 5 nitrogen and oxygen atoms in total. The van der Waals surface area contributed by atoms with Gasteiger partial charge in [-0.05, 0) is 63.8 Å². The molecule has 2 aliphatic heterocycles. The van der Waals surface area contributed by atoms with Crippen molar-refractivity contribution in [2.45, 2.75) is 72.0 Å². The first kappa shape index (κ1) is 31.7. The SMILES string of the molecule is C1CCNC1.CC.Cc1cccc(CNC(=O)C2CCOCC2)c1.OC1=CC=CC(C(F)(F)F)CC1. The Balaban J connectivity index is 0.000000295. The lowest BCUT2D eigenvalue weighted by atomic mass is 9.99. The van der Waals surface area contributed by atoms with Crippen LogP contribution in [0.5, 0.6) is 0 Å². The van der Waals surface area contributed by atoms with Crippen molar-refractivity contribution in [3.8, 4) is 0 Å². The lowest BCUT2D eigenvalue weighted by molar-refractivity contribution is -0.162. The summed E-state index contributed by atoms with van der Waals surface area (Å²) in [5.41, 5.74) is 2.38. The second-order valence-corrected chi connectivity index (χ2v) is 8.78. The maximum atomic E-state index is 12.1. The fraction of sp³-hybridized carbons (Fsp3) is 0.607. The van der Waals surface area contributed by atoms with Crippen LogP contribution in [0.15, 0.2) is 48.3 Å². The third-order valence-electron chi connectivity index (χ3n) is 5.86. The molecule has 1 atom stereocenters. The minimum absolute atomic E-state index is 0.0120. The number of ether oxygens (including phenoxy) is 1. The molecule has 1 amide bonds. The van der Waals surface area contributed by atoms with Crippen LogP contribution in [0.2, 0.25) is 0 Å². The van der Waals surface area contributed by atoms with E-state index in [0.29, 0.717) is 19.8 Å². The van der Waals surface area contributed by atoms with E-state index in [1.807, 2.05) is 26.0 Å². The summed E-state index contributed by atoms with van der Waals surface area (Å²) in [5, 5.41) is 15.1. The van der Waals surface area contributed by atoms with Crippen molar-refractivity contribution in [3.05, 3.63) is 59.4 Å². The molecule has 8 heteroatoms. The lowest BCUT2D eigenvalue weighted by Crippen LogP contribution is -2.33. The van der Waals surface area contributed by atoms with Gasteiger partial charge in [-0.15, -0.1) is 0 Å². The van der Waals surface area contributed by atoms with Gasteiger partial charge in [-0.3, -0.25) is 4.79 Å². The minimum Gasteiger partial charge on any atom is -0.512 e. The van der Waals surface area contributed by atoms with Crippen LogP contribution in [0.3, 0.4) is 0 Å². The molecular weight excluding hydrogens is 469 g/mol. The number of rotatable bonds is 3. The zero-order valence-electron chi connectivity index (χ0n) is 21.9. The zero-order valence-corrected chi connectivity index (χ0v) is 21.9. The number of halogens is 3. The molecule has 0 spiro atoms. The van der Waals surface area contributed by atoms with Crippen molar-refractivity contribution < 1.29 is 27.8 Å². The van der Waals surface area contributed by atoms with Crippen molar-refractivity contribution in [2.24, 2.45) is 11.8 Å². The molecule has 3 N–H and O–H groups in total. The first-order valence-electron chi connectivity index (χ1n) is 13.0. The highest BCUT2D eigenvalue weighted by atomic mass is 19.4. The summed E-state index contributed by atoms with van der Waals surface area (Å²) in [5.74, 6) is -1.11. The highest BCUT2D eigenvalue weighted by Gasteiger charge is 2.37. The van der Waals surface area contributed by atoms with Gasteiger partial charge in [0.05, 0.1) is 11.7 Å². The van der Waals surface area contributed by atoms with E-state index in [9.17, 15) is 18.0 Å². The summed E-state index contributed by atoms with van der Waals surface area (Å²) in [6.07, 6.45) is 3.93. The fourth-order valence-electron chi connectivity index (χ4n) is 3.80. The molecular formula is C28H43F3N2O3. The van der Waals surface area contributed by atoms with Gasteiger partial charge in [0, 0.05) is 32.1 Å². The summed E-state index contributed by atoms with van der Waals surface area (Å²) in [7, 11) is 0. The van der Waals surface area contributed by atoms with E-state index in [4.69, 9.17) is 9.84 Å². The first-order chi connectivity index (χ1) is 17.3. The molecule has 0 radical (unpaired) electrons. The van der Waals surface area contributed by atoms with Crippen LogP contribution in [0, 0.1) is 18.8 Å². The minimum atomic E-state index is -4.19. The number of allylic oxidation sites excluding steroid dienone is 4. The smallest absolute Gasteiger partial charge is 0.395 e. The molecule has 1 aliphatic carbocycles. The molecule has 3 aliphatic rings. The maximum Gasteiger partial charge on any atom is 0.395 e. The highest BCUT2D eigenvalue weighted by Crippen LogP contribution is 2.32. The second-order valence-electron chi connectivity index (χ2n) is 8.78. The summed E-state index contributed by atoms with van der Waals surface area (Å²) < 4.78 is 41.5. The predicted octanol–water partition coefficient (Wildman–Crippen LogP) is 6.39. The maximum absolute atomic E-state index is 12.1. The van der Waals surface area contributed by atoms with Crippen molar-refractivity contribution in [2.75, 3.05) is 26.3 Å². The zero-order chi connectivity index (χ0) is 26.8. The number of aliphatic hydroxyl groups is 1. The van der Waals surface area contributed by atoms with Crippen LogP contribution in [0.25, 0.3) is 0 Å². The van der Waals surface area contributed by atoms with Crippen LogP contribution in [0.4, 0.5) is 13.2 Å². The van der Waals surface area contributed by atoms with Crippen LogP contribution in [0.1, 0.15) is 63.5 Å². The molecule has 0 bridgehead atoms. The Bertz CT molecular complexity index is 792. The number of aliphatic hydroxyl groups excluding tert-OH is 1. The van der Waals surface area contributed by atoms with Gasteiger partial charge in [0.25, 0.3) is 0 Å². The average Bonchev–Trinajstić information content (AvgIpc) is 3.39. The summed E-state index contributed by atoms with van der Waals surface area (Å²) >= 11 is 0. The lowest BCUT2D eigenvalue weighted by Gasteiger charge is -2.21. The fourth-order valence-corrected chi connectivity index (χ4v) is 3.80. The third-order valence-corrected chi connectivity index (χ3v) is 5.86. The Morgan fingerprint density at radius 1 is 1.14 bits per heavy atom. The van der Waals surface area contributed by atoms with Gasteiger partial charge in [0.2, 0.25) is 5.91 Å². The predicted molar refractivity (Wildman–Crippen MR) is 139 cm³/mol. The van der Waals surface area contributed by atoms with Gasteiger partial charge in [0.15, 0.2) is 0 Å². The number of carbonyl (C=O) groups is 1. The molecule has 2 saturated heterocycles. The number of alkyl halides is 3. The molecule has 4 rings (SSSR count). The van der Waals surface area contributed by atoms with E-state index in [1.54, 1.807) is 0 Å². The van der Waals surface area contributed by atoms with E-state index in [2.05, 4.69) is 29.7 Å². The van der Waals surface area contributed by atoms with Crippen LogP contribution < -0.4 is 10.6 Å². The Morgan fingerprint density at radius 2 is 1.81 bits per heavy atom. The topological polar surface area (TPSA) is 70.6 Å². The quantitative estimate of drug-likeness (QED) is 0.439. The van der Waals surface area contributed by atoms with Crippen molar-refractivity contribution >= 4 is 5.91 Å². The monoisotopic (exact) mass is 512 g/mol. The molecule has 1 unspecified atom stereocenters. The normalized spacial score (nSPS) is 19.7. The molecule has 0 aromatic heterocycles.